The van der Waals surface area contributed by atoms with Crippen molar-refractivity contribution in [3.8, 4) is 45.3 Å². The van der Waals surface area contributed by atoms with Gasteiger partial charge >= 0.3 is 23.9 Å². The first-order valence-corrected chi connectivity index (χ1v) is 18.1. The molecule has 0 bridgehead atoms. The van der Waals surface area contributed by atoms with Gasteiger partial charge in [0.1, 0.15) is 23.0 Å². The summed E-state index contributed by atoms with van der Waals surface area (Å²) >= 11 is 11.8. The maximum absolute atomic E-state index is 12.9. The molecule has 0 aromatic heterocycles. The van der Waals surface area contributed by atoms with Gasteiger partial charge in [-0.15, -0.1) is 23.2 Å². The summed E-state index contributed by atoms with van der Waals surface area (Å²) in [5.74, 6) is -3.57. The molecule has 0 radical (unpaired) electrons. The molecule has 0 heterocycles. The summed E-state index contributed by atoms with van der Waals surface area (Å²) in [6.07, 6.45) is 0.0785. The highest BCUT2D eigenvalue weighted by Gasteiger charge is 2.41. The summed E-state index contributed by atoms with van der Waals surface area (Å²) in [6, 6.07) is 40.8. The lowest BCUT2D eigenvalue weighted by Gasteiger charge is -2.34. The Morgan fingerprint density at radius 3 is 1.27 bits per heavy atom. The lowest BCUT2D eigenvalue weighted by molar-refractivity contribution is -0.287. The van der Waals surface area contributed by atoms with Gasteiger partial charge in [-0.05, 0) is 35.4 Å². The summed E-state index contributed by atoms with van der Waals surface area (Å²) in [7, 11) is 0. The van der Waals surface area contributed by atoms with Crippen LogP contribution in [-0.2, 0) is 19.1 Å². The SMILES string of the molecule is CCC(OC(=O)CCCl)(Oc1cccc(OC(CC)(OC(=O)CCCl)Oc2ccccc2-c2ccccc2)c1)Oc1ccccc1-c1ccccc1. The predicted octanol–water partition coefficient (Wildman–Crippen LogP) is 10.4. The number of ether oxygens (including phenoxy) is 6. The van der Waals surface area contributed by atoms with E-state index >= 15 is 0 Å². The van der Waals surface area contributed by atoms with Crippen LogP contribution in [-0.4, -0.2) is 35.6 Å². The van der Waals surface area contributed by atoms with Gasteiger partial charge in [-0.25, -0.2) is 0 Å². The average molecular weight is 744 g/mol. The van der Waals surface area contributed by atoms with Crippen molar-refractivity contribution in [2.75, 3.05) is 11.8 Å². The molecule has 0 aliphatic rings. The number of rotatable bonds is 18. The van der Waals surface area contributed by atoms with Crippen molar-refractivity contribution in [1.82, 2.24) is 0 Å². The van der Waals surface area contributed by atoms with Gasteiger partial charge in [-0.3, -0.25) is 9.59 Å². The van der Waals surface area contributed by atoms with Crippen LogP contribution in [0.15, 0.2) is 133 Å². The van der Waals surface area contributed by atoms with Crippen LogP contribution >= 0.6 is 23.2 Å². The molecule has 2 atom stereocenters. The van der Waals surface area contributed by atoms with Gasteiger partial charge in [-0.2, -0.15) is 0 Å². The molecule has 5 rings (SSSR count). The topological polar surface area (TPSA) is 89.5 Å². The van der Waals surface area contributed by atoms with E-state index in [0.29, 0.717) is 11.5 Å². The molecule has 270 valence electrons. The van der Waals surface area contributed by atoms with Gasteiger partial charge in [0.05, 0.1) is 25.7 Å². The zero-order chi connectivity index (χ0) is 36.8. The van der Waals surface area contributed by atoms with Crippen LogP contribution < -0.4 is 18.9 Å². The van der Waals surface area contributed by atoms with Crippen LogP contribution in [0.5, 0.6) is 23.0 Å². The van der Waals surface area contributed by atoms with Crippen molar-refractivity contribution >= 4 is 35.1 Å². The second-order valence-corrected chi connectivity index (χ2v) is 12.3. The molecule has 0 aliphatic heterocycles. The standard InChI is InChI=1S/C42H40Cl2O8/c1-3-41(51-39(45)26-28-43,49-37-24-13-11-22-35(37)31-16-7-5-8-17-31)47-33-20-15-21-34(30-33)48-42(4-2,52-40(46)27-29-44)50-38-25-14-12-23-36(38)32-18-9-6-10-19-32/h5-25,30H,3-4,26-29H2,1-2H3. The summed E-state index contributed by atoms with van der Waals surface area (Å²) in [5, 5.41) is 0. The van der Waals surface area contributed by atoms with Gasteiger partial charge in [0.15, 0.2) is 0 Å². The van der Waals surface area contributed by atoms with Crippen molar-refractivity contribution in [2.24, 2.45) is 0 Å². The fraction of sp³-hybridized carbons (Fsp3) is 0.238. The first-order valence-electron chi connectivity index (χ1n) is 17.0. The van der Waals surface area contributed by atoms with Crippen LogP contribution in [0, 0.1) is 0 Å². The average Bonchev–Trinajstić information content (AvgIpc) is 3.16. The summed E-state index contributed by atoms with van der Waals surface area (Å²) in [5.41, 5.74) is 3.35. The number of carbonyl (C=O) groups is 2. The number of esters is 2. The smallest absolute Gasteiger partial charge is 0.418 e. The maximum atomic E-state index is 12.9. The van der Waals surface area contributed by atoms with Gasteiger partial charge in [0, 0.05) is 29.0 Å². The summed E-state index contributed by atoms with van der Waals surface area (Å²) < 4.78 is 37.6. The minimum atomic E-state index is -1.90. The highest BCUT2D eigenvalue weighted by Crippen LogP contribution is 2.38. The molecule has 0 spiro atoms. The molecule has 0 saturated heterocycles. The van der Waals surface area contributed by atoms with E-state index in [9.17, 15) is 9.59 Å². The van der Waals surface area contributed by atoms with E-state index in [2.05, 4.69) is 0 Å². The maximum Gasteiger partial charge on any atom is 0.418 e. The molecular formula is C42H40Cl2O8. The Bertz CT molecular complexity index is 1770. The van der Waals surface area contributed by atoms with Crippen LogP contribution in [0.1, 0.15) is 39.5 Å². The second-order valence-electron chi connectivity index (χ2n) is 11.5. The molecule has 0 N–H and O–H groups in total. The summed E-state index contributed by atoms with van der Waals surface area (Å²) in [6.45, 7) is 3.55. The normalized spacial score (nSPS) is 13.2. The molecule has 0 fully saturated rings. The Morgan fingerprint density at radius 2 is 0.885 bits per heavy atom. The first-order chi connectivity index (χ1) is 25.3. The lowest BCUT2D eigenvalue weighted by atomic mass is 10.0. The Kier molecular flexibility index (Phi) is 13.4. The Hall–Kier alpha value is -5.18. The van der Waals surface area contributed by atoms with Crippen molar-refractivity contribution < 1.29 is 38.0 Å². The Balaban J connectivity index is 1.49. The lowest BCUT2D eigenvalue weighted by Crippen LogP contribution is -2.47. The van der Waals surface area contributed by atoms with E-state index in [4.69, 9.17) is 51.6 Å². The third kappa shape index (κ3) is 9.99. The minimum Gasteiger partial charge on any atom is -0.420 e. The predicted molar refractivity (Wildman–Crippen MR) is 202 cm³/mol. The molecule has 5 aromatic carbocycles. The van der Waals surface area contributed by atoms with E-state index in [-0.39, 0.29) is 48.9 Å². The second kappa shape index (κ2) is 18.4. The van der Waals surface area contributed by atoms with Crippen molar-refractivity contribution in [3.63, 3.8) is 0 Å². The van der Waals surface area contributed by atoms with Gasteiger partial charge in [0.25, 0.3) is 0 Å². The van der Waals surface area contributed by atoms with E-state index in [1.165, 1.54) is 0 Å². The fourth-order valence-corrected chi connectivity index (χ4v) is 5.59. The molecule has 0 amide bonds. The third-order valence-corrected chi connectivity index (χ3v) is 8.21. The molecule has 52 heavy (non-hydrogen) atoms. The van der Waals surface area contributed by atoms with Crippen molar-refractivity contribution in [2.45, 2.75) is 51.5 Å². The highest BCUT2D eigenvalue weighted by molar-refractivity contribution is 6.19. The van der Waals surface area contributed by atoms with E-state index in [1.807, 2.05) is 97.1 Å². The molecule has 5 aromatic rings. The number of hydrogen-bond acceptors (Lipinski definition) is 8. The minimum absolute atomic E-state index is 0.0531. The third-order valence-electron chi connectivity index (χ3n) is 7.83. The number of para-hydroxylation sites is 2. The van der Waals surface area contributed by atoms with Crippen LogP contribution in [0.3, 0.4) is 0 Å². The molecule has 2 unspecified atom stereocenters. The van der Waals surface area contributed by atoms with Crippen LogP contribution in [0.4, 0.5) is 0 Å². The van der Waals surface area contributed by atoms with Crippen LogP contribution in [0.2, 0.25) is 0 Å². The van der Waals surface area contributed by atoms with Crippen molar-refractivity contribution in [1.29, 1.82) is 0 Å². The fourth-order valence-electron chi connectivity index (χ4n) is 5.28. The quantitative estimate of drug-likeness (QED) is 0.0498. The monoisotopic (exact) mass is 742 g/mol. The molecule has 8 nitrogen and oxygen atoms in total. The van der Waals surface area contributed by atoms with Gasteiger partial charge < -0.3 is 28.4 Å². The number of hydrogen-bond donors (Lipinski definition) is 0. The zero-order valence-electron chi connectivity index (χ0n) is 29.0. The summed E-state index contributed by atoms with van der Waals surface area (Å²) in [4.78, 5) is 25.9. The van der Waals surface area contributed by atoms with E-state index in [1.54, 1.807) is 50.2 Å². The largest absolute Gasteiger partial charge is 0.420 e. The molecule has 0 aliphatic carbocycles. The molecule has 0 saturated carbocycles. The van der Waals surface area contributed by atoms with Gasteiger partial charge in [-0.1, -0.05) is 117 Å². The van der Waals surface area contributed by atoms with Gasteiger partial charge in [0.2, 0.25) is 0 Å². The van der Waals surface area contributed by atoms with Crippen molar-refractivity contribution in [3.05, 3.63) is 133 Å². The number of benzene rings is 5. The Morgan fingerprint density at radius 1 is 0.500 bits per heavy atom. The number of halogens is 2. The molecular weight excluding hydrogens is 703 g/mol. The van der Waals surface area contributed by atoms with E-state index in [0.717, 1.165) is 22.3 Å². The van der Waals surface area contributed by atoms with E-state index < -0.39 is 23.9 Å². The number of carbonyl (C=O) groups excluding carboxylic acids is 2. The van der Waals surface area contributed by atoms with Crippen LogP contribution in [0.25, 0.3) is 22.3 Å². The highest BCUT2D eigenvalue weighted by atomic mass is 35.5. The number of alkyl halides is 2. The Labute approximate surface area is 314 Å². The zero-order valence-corrected chi connectivity index (χ0v) is 30.5. The first kappa shape index (κ1) is 38.1. The molecule has 10 heteroatoms.